The summed E-state index contributed by atoms with van der Waals surface area (Å²) in [5, 5.41) is 3.12. The van der Waals surface area contributed by atoms with Crippen LogP contribution in [0.25, 0.3) is 0 Å². The minimum absolute atomic E-state index is 0.0545. The number of hydrogen-bond acceptors (Lipinski definition) is 5. The van der Waals surface area contributed by atoms with Crippen molar-refractivity contribution in [1.29, 1.82) is 0 Å². The van der Waals surface area contributed by atoms with E-state index < -0.39 is 15.4 Å². The number of amides is 1. The highest BCUT2D eigenvalue weighted by Gasteiger charge is 2.54. The molecule has 0 radical (unpaired) electrons. The molecule has 0 bridgehead atoms. The Kier molecular flexibility index (Phi) is 6.03. The zero-order valence-electron chi connectivity index (χ0n) is 15.2. The summed E-state index contributed by atoms with van der Waals surface area (Å²) in [6.07, 6.45) is 4.06. The maximum atomic E-state index is 13.1. The summed E-state index contributed by atoms with van der Waals surface area (Å²) in [5.41, 5.74) is -0.537. The molecule has 3 rings (SSSR count). The highest BCUT2D eigenvalue weighted by Crippen LogP contribution is 2.46. The van der Waals surface area contributed by atoms with Gasteiger partial charge in [-0.2, -0.15) is 4.31 Å². The number of nitrogens with zero attached hydrogens (tertiary/aromatic N) is 2. The molecule has 2 atom stereocenters. The monoisotopic (exact) mass is 373 g/mol. The molecule has 3 aliphatic rings. The van der Waals surface area contributed by atoms with Gasteiger partial charge < -0.3 is 10.1 Å². The average Bonchev–Trinajstić information content (AvgIpc) is 2.62. The first kappa shape index (κ1) is 19.1. The summed E-state index contributed by atoms with van der Waals surface area (Å²) < 4.78 is 31.8. The number of morpholine rings is 1. The van der Waals surface area contributed by atoms with E-state index in [1.807, 2.05) is 6.92 Å². The van der Waals surface area contributed by atoms with Crippen molar-refractivity contribution in [1.82, 2.24) is 14.5 Å². The van der Waals surface area contributed by atoms with Gasteiger partial charge in [-0.3, -0.25) is 9.69 Å². The minimum Gasteiger partial charge on any atom is -0.379 e. The predicted molar refractivity (Wildman–Crippen MR) is 95.7 cm³/mol. The Hall–Kier alpha value is -0.700. The Morgan fingerprint density at radius 2 is 2.00 bits per heavy atom. The molecule has 1 saturated carbocycles. The lowest BCUT2D eigenvalue weighted by Crippen LogP contribution is -2.62. The van der Waals surface area contributed by atoms with Gasteiger partial charge in [-0.1, -0.05) is 19.8 Å². The zero-order valence-corrected chi connectivity index (χ0v) is 16.0. The van der Waals surface area contributed by atoms with Gasteiger partial charge in [0, 0.05) is 38.8 Å². The van der Waals surface area contributed by atoms with E-state index in [1.54, 1.807) is 4.31 Å². The molecule has 8 heteroatoms. The van der Waals surface area contributed by atoms with Gasteiger partial charge in [0.2, 0.25) is 15.9 Å². The second-order valence-corrected chi connectivity index (χ2v) is 9.44. The molecular weight excluding hydrogens is 342 g/mol. The van der Waals surface area contributed by atoms with Crippen molar-refractivity contribution in [3.8, 4) is 0 Å². The minimum atomic E-state index is -3.22. The summed E-state index contributed by atoms with van der Waals surface area (Å²) in [6.45, 7) is 7.09. The van der Waals surface area contributed by atoms with Gasteiger partial charge in [0.05, 0.1) is 24.4 Å². The highest BCUT2D eigenvalue weighted by atomic mass is 32.2. The van der Waals surface area contributed by atoms with Gasteiger partial charge >= 0.3 is 0 Å². The maximum Gasteiger partial charge on any atom is 0.227 e. The first-order chi connectivity index (χ1) is 12.0. The normalized spacial score (nSPS) is 33.6. The zero-order chi connectivity index (χ0) is 17.9. The third-order valence-electron chi connectivity index (χ3n) is 6.08. The van der Waals surface area contributed by atoms with E-state index in [1.165, 1.54) is 0 Å². The lowest BCUT2D eigenvalue weighted by atomic mass is 9.67. The van der Waals surface area contributed by atoms with Gasteiger partial charge in [0.15, 0.2) is 0 Å². The molecule has 0 unspecified atom stereocenters. The van der Waals surface area contributed by atoms with E-state index in [0.717, 1.165) is 58.5 Å². The molecule has 2 heterocycles. The van der Waals surface area contributed by atoms with Gasteiger partial charge in [-0.25, -0.2) is 8.42 Å². The van der Waals surface area contributed by atoms with Crippen LogP contribution in [0.2, 0.25) is 0 Å². The van der Waals surface area contributed by atoms with Crippen LogP contribution in [-0.2, 0) is 19.6 Å². The van der Waals surface area contributed by atoms with Crippen LogP contribution in [0.15, 0.2) is 0 Å². The predicted octanol–water partition coefficient (Wildman–Crippen LogP) is 0.419. The average molecular weight is 374 g/mol. The summed E-state index contributed by atoms with van der Waals surface area (Å²) in [5.74, 6) is 0.146. The Labute approximate surface area is 151 Å². The van der Waals surface area contributed by atoms with Crippen molar-refractivity contribution >= 4 is 15.9 Å². The Balaban J connectivity index is 1.65. The van der Waals surface area contributed by atoms with E-state index in [-0.39, 0.29) is 17.7 Å². The van der Waals surface area contributed by atoms with Crippen molar-refractivity contribution < 1.29 is 17.9 Å². The number of fused-ring (bicyclic) bond motifs is 1. The Morgan fingerprint density at radius 3 is 2.72 bits per heavy atom. The van der Waals surface area contributed by atoms with E-state index in [4.69, 9.17) is 4.74 Å². The van der Waals surface area contributed by atoms with Crippen LogP contribution in [-0.4, -0.2) is 81.3 Å². The second kappa shape index (κ2) is 7.90. The number of carbonyl (C=O) groups excluding carboxylic acids is 1. The highest BCUT2D eigenvalue weighted by molar-refractivity contribution is 7.89. The molecule has 3 fully saturated rings. The van der Waals surface area contributed by atoms with Crippen molar-refractivity contribution in [2.24, 2.45) is 5.41 Å². The van der Waals surface area contributed by atoms with Crippen molar-refractivity contribution in [3.05, 3.63) is 0 Å². The number of ether oxygens (including phenoxy) is 1. The van der Waals surface area contributed by atoms with E-state index >= 15 is 0 Å². The fourth-order valence-electron chi connectivity index (χ4n) is 4.68. The molecule has 144 valence electrons. The van der Waals surface area contributed by atoms with E-state index in [9.17, 15) is 13.2 Å². The fraction of sp³-hybridized carbons (Fsp3) is 0.941. The van der Waals surface area contributed by atoms with Gasteiger partial charge in [0.25, 0.3) is 0 Å². The summed E-state index contributed by atoms with van der Waals surface area (Å²) in [7, 11) is -3.22. The van der Waals surface area contributed by atoms with Crippen LogP contribution in [0, 0.1) is 5.41 Å². The molecule has 0 aromatic rings. The second-order valence-electron chi connectivity index (χ2n) is 7.40. The lowest BCUT2D eigenvalue weighted by Gasteiger charge is -2.50. The SMILES string of the molecule is CCN1[C@@H]2CCCC[C@@]2(C(=O)NCCN2CCOCC2)CCS1(=O)=O. The largest absolute Gasteiger partial charge is 0.379 e. The first-order valence-electron chi connectivity index (χ1n) is 9.57. The lowest BCUT2D eigenvalue weighted by molar-refractivity contribution is -0.137. The molecule has 1 N–H and O–H groups in total. The molecule has 7 nitrogen and oxygen atoms in total. The van der Waals surface area contributed by atoms with E-state index in [2.05, 4.69) is 10.2 Å². The van der Waals surface area contributed by atoms with Crippen molar-refractivity contribution in [2.45, 2.75) is 45.1 Å². The topological polar surface area (TPSA) is 79.0 Å². The fourth-order valence-corrected chi connectivity index (χ4v) is 6.62. The summed E-state index contributed by atoms with van der Waals surface area (Å²) in [4.78, 5) is 15.4. The molecule has 1 amide bonds. The third-order valence-corrected chi connectivity index (χ3v) is 8.03. The van der Waals surface area contributed by atoms with Gasteiger partial charge in [0.1, 0.15) is 0 Å². The molecule has 0 aromatic heterocycles. The third kappa shape index (κ3) is 3.86. The van der Waals surface area contributed by atoms with E-state index in [0.29, 0.717) is 19.5 Å². The molecule has 25 heavy (non-hydrogen) atoms. The van der Waals surface area contributed by atoms with Crippen LogP contribution >= 0.6 is 0 Å². The van der Waals surface area contributed by atoms with Gasteiger partial charge in [-0.05, 0) is 19.3 Å². The summed E-state index contributed by atoms with van der Waals surface area (Å²) in [6, 6.07) is -0.173. The van der Waals surface area contributed by atoms with Crippen LogP contribution in [0.1, 0.15) is 39.0 Å². The molecule has 0 spiro atoms. The summed E-state index contributed by atoms with van der Waals surface area (Å²) >= 11 is 0. The molecule has 2 saturated heterocycles. The van der Waals surface area contributed by atoms with Crippen molar-refractivity contribution in [2.75, 3.05) is 51.7 Å². The Morgan fingerprint density at radius 1 is 1.24 bits per heavy atom. The quantitative estimate of drug-likeness (QED) is 0.756. The van der Waals surface area contributed by atoms with Crippen LogP contribution < -0.4 is 5.32 Å². The molecule has 0 aromatic carbocycles. The van der Waals surface area contributed by atoms with Crippen LogP contribution in [0.5, 0.6) is 0 Å². The number of rotatable bonds is 5. The van der Waals surface area contributed by atoms with Crippen LogP contribution in [0.4, 0.5) is 0 Å². The number of nitrogens with one attached hydrogen (secondary N) is 1. The number of carbonyl (C=O) groups is 1. The standard InChI is InChI=1S/C17H31N3O4S/c1-2-20-15-5-3-4-6-17(15,7-14-25(20,22)23)16(21)18-8-9-19-10-12-24-13-11-19/h15H,2-14H2,1H3,(H,18,21)/t15-,17-/m1/s1. The van der Waals surface area contributed by atoms with Gasteiger partial charge in [-0.15, -0.1) is 0 Å². The molecule has 1 aliphatic carbocycles. The van der Waals surface area contributed by atoms with Crippen LogP contribution in [0.3, 0.4) is 0 Å². The Bertz CT molecular complexity index is 576. The van der Waals surface area contributed by atoms with Crippen molar-refractivity contribution in [3.63, 3.8) is 0 Å². The smallest absolute Gasteiger partial charge is 0.227 e. The molecular formula is C17H31N3O4S. The number of hydrogen-bond donors (Lipinski definition) is 1. The molecule has 2 aliphatic heterocycles. The maximum absolute atomic E-state index is 13.1. The number of sulfonamides is 1. The first-order valence-corrected chi connectivity index (χ1v) is 11.2.